The number of rotatable bonds is 4. The van der Waals surface area contributed by atoms with Gasteiger partial charge >= 0.3 is 0 Å². The van der Waals surface area contributed by atoms with Gasteiger partial charge in [0.15, 0.2) is 0 Å². The molecule has 2 aromatic rings. The van der Waals surface area contributed by atoms with Crippen molar-refractivity contribution in [2.24, 2.45) is 5.73 Å². The molecule has 0 radical (unpaired) electrons. The number of aryl methyl sites for hydroxylation is 1. The van der Waals surface area contributed by atoms with Crippen molar-refractivity contribution in [3.63, 3.8) is 0 Å². The summed E-state index contributed by atoms with van der Waals surface area (Å²) >= 11 is 9.66. The Hall–Kier alpha value is -1.03. The van der Waals surface area contributed by atoms with E-state index in [1.807, 2.05) is 50.2 Å². The molecule has 2 nitrogen and oxygen atoms in total. The Labute approximate surface area is 133 Å². The number of ether oxygens (including phenoxy) is 1. The fraction of sp³-hybridized carbons (Fsp3) is 0.250. The molecule has 0 heterocycles. The molecule has 0 fully saturated rings. The fourth-order valence-corrected chi connectivity index (χ4v) is 2.60. The maximum absolute atomic E-state index is 6.38. The lowest BCUT2D eigenvalue weighted by atomic mass is 9.98. The molecule has 0 aliphatic rings. The first kappa shape index (κ1) is 15.4. The summed E-state index contributed by atoms with van der Waals surface area (Å²) in [6.07, 6.45) is 0. The van der Waals surface area contributed by atoms with Gasteiger partial charge in [0.05, 0.1) is 12.6 Å². The maximum Gasteiger partial charge on any atom is 0.124 e. The Balaban J connectivity index is 2.43. The van der Waals surface area contributed by atoms with E-state index in [9.17, 15) is 0 Å². The summed E-state index contributed by atoms with van der Waals surface area (Å²) in [5.41, 5.74) is 9.34. The normalized spacial score (nSPS) is 12.2. The standard InChI is InChI=1S/C16H17BrClNO/c1-3-20-15-7-6-12(17)9-13(15)16(19)11-5-4-10(2)14(18)8-11/h4-9,16H,3,19H2,1-2H3. The largest absolute Gasteiger partial charge is 0.494 e. The summed E-state index contributed by atoms with van der Waals surface area (Å²) in [6, 6.07) is 11.5. The van der Waals surface area contributed by atoms with Crippen LogP contribution in [0, 0.1) is 6.92 Å². The zero-order valence-electron chi connectivity index (χ0n) is 11.5. The van der Waals surface area contributed by atoms with E-state index in [2.05, 4.69) is 15.9 Å². The van der Waals surface area contributed by atoms with E-state index >= 15 is 0 Å². The van der Waals surface area contributed by atoms with Gasteiger partial charge in [-0.25, -0.2) is 0 Å². The van der Waals surface area contributed by atoms with Crippen molar-refractivity contribution in [1.82, 2.24) is 0 Å². The maximum atomic E-state index is 6.38. The third kappa shape index (κ3) is 3.35. The van der Waals surface area contributed by atoms with E-state index in [1.165, 1.54) is 0 Å². The number of hydrogen-bond donors (Lipinski definition) is 1. The topological polar surface area (TPSA) is 35.2 Å². The first-order valence-electron chi connectivity index (χ1n) is 6.46. The van der Waals surface area contributed by atoms with Crippen molar-refractivity contribution >= 4 is 27.5 Å². The Bertz CT molecular complexity index is 615. The molecular formula is C16H17BrClNO. The van der Waals surface area contributed by atoms with Crippen LogP contribution in [-0.4, -0.2) is 6.61 Å². The molecule has 0 spiro atoms. The Morgan fingerprint density at radius 2 is 2.00 bits per heavy atom. The predicted octanol–water partition coefficient (Wildman–Crippen LogP) is 4.86. The van der Waals surface area contributed by atoms with E-state index < -0.39 is 0 Å². The number of benzene rings is 2. The van der Waals surface area contributed by atoms with E-state index in [0.29, 0.717) is 6.61 Å². The molecule has 2 rings (SSSR count). The van der Waals surface area contributed by atoms with Crippen molar-refractivity contribution in [3.05, 3.63) is 62.6 Å². The summed E-state index contributed by atoms with van der Waals surface area (Å²) in [4.78, 5) is 0. The van der Waals surface area contributed by atoms with Gasteiger partial charge in [-0.15, -0.1) is 0 Å². The minimum absolute atomic E-state index is 0.271. The monoisotopic (exact) mass is 353 g/mol. The minimum atomic E-state index is -0.271. The van der Waals surface area contributed by atoms with Gasteiger partial charge in [0.2, 0.25) is 0 Å². The SMILES string of the molecule is CCOc1ccc(Br)cc1C(N)c1ccc(C)c(Cl)c1. The van der Waals surface area contributed by atoms with Crippen molar-refractivity contribution in [1.29, 1.82) is 0 Å². The zero-order chi connectivity index (χ0) is 14.7. The average molecular weight is 355 g/mol. The zero-order valence-corrected chi connectivity index (χ0v) is 13.8. The minimum Gasteiger partial charge on any atom is -0.494 e. The predicted molar refractivity (Wildman–Crippen MR) is 87.5 cm³/mol. The number of halogens is 2. The molecule has 20 heavy (non-hydrogen) atoms. The highest BCUT2D eigenvalue weighted by Crippen LogP contribution is 2.32. The van der Waals surface area contributed by atoms with Crippen LogP contribution in [0.1, 0.15) is 29.7 Å². The van der Waals surface area contributed by atoms with Gasteiger partial charge in [-0.3, -0.25) is 0 Å². The summed E-state index contributed by atoms with van der Waals surface area (Å²) < 4.78 is 6.63. The van der Waals surface area contributed by atoms with E-state index in [4.69, 9.17) is 22.1 Å². The number of hydrogen-bond acceptors (Lipinski definition) is 2. The van der Waals surface area contributed by atoms with E-state index in [-0.39, 0.29) is 6.04 Å². The van der Waals surface area contributed by atoms with Crippen LogP contribution in [0.3, 0.4) is 0 Å². The lowest BCUT2D eigenvalue weighted by Crippen LogP contribution is -2.13. The molecule has 0 aliphatic heterocycles. The highest BCUT2D eigenvalue weighted by atomic mass is 79.9. The van der Waals surface area contributed by atoms with Crippen LogP contribution >= 0.6 is 27.5 Å². The second-order valence-corrected chi connectivity index (χ2v) is 5.92. The molecule has 0 bridgehead atoms. The van der Waals surface area contributed by atoms with Crippen LogP contribution < -0.4 is 10.5 Å². The van der Waals surface area contributed by atoms with Crippen molar-refractivity contribution in [2.75, 3.05) is 6.61 Å². The summed E-state index contributed by atoms with van der Waals surface area (Å²) in [6.45, 7) is 4.54. The Morgan fingerprint density at radius 1 is 1.25 bits per heavy atom. The molecule has 106 valence electrons. The van der Waals surface area contributed by atoms with Crippen LogP contribution in [0.4, 0.5) is 0 Å². The van der Waals surface area contributed by atoms with Gasteiger partial charge < -0.3 is 10.5 Å². The van der Waals surface area contributed by atoms with Gasteiger partial charge in [0.1, 0.15) is 5.75 Å². The highest BCUT2D eigenvalue weighted by Gasteiger charge is 2.15. The molecule has 0 aromatic heterocycles. The van der Waals surface area contributed by atoms with Crippen molar-refractivity contribution in [3.8, 4) is 5.75 Å². The van der Waals surface area contributed by atoms with E-state index in [1.54, 1.807) is 0 Å². The van der Waals surface area contributed by atoms with Gasteiger partial charge in [-0.2, -0.15) is 0 Å². The summed E-state index contributed by atoms with van der Waals surface area (Å²) in [5, 5.41) is 0.728. The second kappa shape index (κ2) is 6.61. The van der Waals surface area contributed by atoms with Crippen LogP contribution in [0.15, 0.2) is 40.9 Å². The summed E-state index contributed by atoms with van der Waals surface area (Å²) in [7, 11) is 0. The first-order valence-corrected chi connectivity index (χ1v) is 7.64. The van der Waals surface area contributed by atoms with Gasteiger partial charge in [0.25, 0.3) is 0 Å². The lowest BCUT2D eigenvalue weighted by Gasteiger charge is -2.18. The van der Waals surface area contributed by atoms with Gasteiger partial charge in [-0.05, 0) is 49.2 Å². The molecule has 1 atom stereocenters. The van der Waals surface area contributed by atoms with Crippen LogP contribution in [0.25, 0.3) is 0 Å². The summed E-state index contributed by atoms with van der Waals surface area (Å²) in [5.74, 6) is 0.805. The Morgan fingerprint density at radius 3 is 2.65 bits per heavy atom. The fourth-order valence-electron chi connectivity index (χ4n) is 2.03. The molecule has 4 heteroatoms. The Kier molecular flexibility index (Phi) is 5.08. The number of nitrogens with two attached hydrogens (primary N) is 1. The van der Waals surface area contributed by atoms with Crippen LogP contribution in [0.5, 0.6) is 5.75 Å². The van der Waals surface area contributed by atoms with Crippen LogP contribution in [0.2, 0.25) is 5.02 Å². The third-order valence-electron chi connectivity index (χ3n) is 3.16. The molecule has 1 unspecified atom stereocenters. The van der Waals surface area contributed by atoms with Crippen LogP contribution in [-0.2, 0) is 0 Å². The molecule has 0 saturated heterocycles. The van der Waals surface area contributed by atoms with Crippen molar-refractivity contribution in [2.45, 2.75) is 19.9 Å². The highest BCUT2D eigenvalue weighted by molar-refractivity contribution is 9.10. The smallest absolute Gasteiger partial charge is 0.124 e. The first-order chi connectivity index (χ1) is 9.52. The molecule has 2 aromatic carbocycles. The lowest BCUT2D eigenvalue weighted by molar-refractivity contribution is 0.335. The third-order valence-corrected chi connectivity index (χ3v) is 4.06. The average Bonchev–Trinajstić information content (AvgIpc) is 2.43. The molecule has 2 N–H and O–H groups in total. The quantitative estimate of drug-likeness (QED) is 0.851. The second-order valence-electron chi connectivity index (χ2n) is 4.60. The molecule has 0 saturated carbocycles. The van der Waals surface area contributed by atoms with Gasteiger partial charge in [-0.1, -0.05) is 39.7 Å². The van der Waals surface area contributed by atoms with Gasteiger partial charge in [0, 0.05) is 15.1 Å². The molecular weight excluding hydrogens is 338 g/mol. The van der Waals surface area contributed by atoms with Crippen molar-refractivity contribution < 1.29 is 4.74 Å². The molecule has 0 amide bonds. The molecule has 0 aliphatic carbocycles. The van der Waals surface area contributed by atoms with E-state index in [0.717, 1.165) is 31.9 Å².